The number of nitrogens with zero attached hydrogens (tertiary/aromatic N) is 1. The van der Waals surface area contributed by atoms with Gasteiger partial charge in [-0.3, -0.25) is 4.90 Å². The van der Waals surface area contributed by atoms with Crippen molar-refractivity contribution in [2.45, 2.75) is 19.5 Å². The van der Waals surface area contributed by atoms with Gasteiger partial charge in [0.25, 0.3) is 0 Å². The Morgan fingerprint density at radius 2 is 1.90 bits per heavy atom. The Balaban J connectivity index is 2.11. The average molecular weight is 290 g/mol. The highest BCUT2D eigenvalue weighted by Gasteiger charge is 2.14. The summed E-state index contributed by atoms with van der Waals surface area (Å²) in [5.74, 6) is 0.890. The summed E-state index contributed by atoms with van der Waals surface area (Å²) in [6.07, 6.45) is 0. The van der Waals surface area contributed by atoms with Crippen LogP contribution in [0.25, 0.3) is 0 Å². The summed E-state index contributed by atoms with van der Waals surface area (Å²) in [7, 11) is 3.79. The van der Waals surface area contributed by atoms with Crippen LogP contribution in [-0.2, 0) is 6.54 Å². The fraction of sp³-hybridized carbons (Fsp3) is 0.294. The molecule has 0 saturated carbocycles. The maximum absolute atomic E-state index is 6.27. The maximum Gasteiger partial charge on any atom is 0.119 e. The third-order valence-electron chi connectivity index (χ3n) is 3.58. The minimum absolute atomic E-state index is 0.259. The van der Waals surface area contributed by atoms with Crippen LogP contribution in [0, 0.1) is 0 Å². The van der Waals surface area contributed by atoms with E-state index in [-0.39, 0.29) is 6.04 Å². The molecule has 0 radical (unpaired) electrons. The summed E-state index contributed by atoms with van der Waals surface area (Å²) in [5.41, 5.74) is 2.38. The molecule has 0 fully saturated rings. The lowest BCUT2D eigenvalue weighted by Crippen LogP contribution is -2.22. The second kappa shape index (κ2) is 6.78. The van der Waals surface area contributed by atoms with Crippen molar-refractivity contribution in [2.24, 2.45) is 0 Å². The van der Waals surface area contributed by atoms with E-state index in [1.165, 1.54) is 5.56 Å². The third kappa shape index (κ3) is 3.53. The zero-order valence-corrected chi connectivity index (χ0v) is 12.9. The van der Waals surface area contributed by atoms with Crippen molar-refractivity contribution in [2.75, 3.05) is 14.2 Å². The third-order valence-corrected chi connectivity index (χ3v) is 3.93. The average Bonchev–Trinajstić information content (AvgIpc) is 2.47. The van der Waals surface area contributed by atoms with Crippen molar-refractivity contribution in [3.8, 4) is 5.75 Å². The number of rotatable bonds is 5. The van der Waals surface area contributed by atoms with Crippen molar-refractivity contribution in [3.63, 3.8) is 0 Å². The SMILES string of the molecule is COc1cccc(CN(C)C(C)c2ccccc2Cl)c1. The van der Waals surface area contributed by atoms with Crippen LogP contribution in [0.1, 0.15) is 24.1 Å². The van der Waals surface area contributed by atoms with Crippen molar-refractivity contribution in [3.05, 3.63) is 64.7 Å². The fourth-order valence-corrected chi connectivity index (χ4v) is 2.54. The van der Waals surface area contributed by atoms with Gasteiger partial charge in [-0.25, -0.2) is 0 Å². The Morgan fingerprint density at radius 3 is 2.60 bits per heavy atom. The van der Waals surface area contributed by atoms with Gasteiger partial charge in [0.2, 0.25) is 0 Å². The molecule has 106 valence electrons. The van der Waals surface area contributed by atoms with E-state index in [1.54, 1.807) is 7.11 Å². The highest BCUT2D eigenvalue weighted by Crippen LogP contribution is 2.27. The van der Waals surface area contributed by atoms with Gasteiger partial charge in [-0.15, -0.1) is 0 Å². The van der Waals surface area contributed by atoms with Gasteiger partial charge in [-0.1, -0.05) is 41.9 Å². The molecule has 2 nitrogen and oxygen atoms in total. The molecule has 0 heterocycles. The summed E-state index contributed by atoms with van der Waals surface area (Å²) in [5, 5.41) is 0.817. The van der Waals surface area contributed by atoms with Crippen LogP contribution in [0.3, 0.4) is 0 Å². The number of hydrogen-bond acceptors (Lipinski definition) is 2. The van der Waals surface area contributed by atoms with Crippen LogP contribution >= 0.6 is 11.6 Å². The fourth-order valence-electron chi connectivity index (χ4n) is 2.25. The normalized spacial score (nSPS) is 12.4. The lowest BCUT2D eigenvalue weighted by atomic mass is 10.1. The second-order valence-electron chi connectivity index (χ2n) is 4.96. The van der Waals surface area contributed by atoms with Gasteiger partial charge >= 0.3 is 0 Å². The zero-order chi connectivity index (χ0) is 14.5. The van der Waals surface area contributed by atoms with Gasteiger partial charge in [0, 0.05) is 17.6 Å². The Morgan fingerprint density at radius 1 is 1.15 bits per heavy atom. The van der Waals surface area contributed by atoms with Crippen LogP contribution in [0.4, 0.5) is 0 Å². The minimum atomic E-state index is 0.259. The molecule has 0 aliphatic rings. The van der Waals surface area contributed by atoms with Gasteiger partial charge in [-0.2, -0.15) is 0 Å². The highest BCUT2D eigenvalue weighted by atomic mass is 35.5. The first-order valence-electron chi connectivity index (χ1n) is 6.69. The van der Waals surface area contributed by atoms with E-state index in [2.05, 4.69) is 37.1 Å². The molecule has 1 unspecified atom stereocenters. The summed E-state index contributed by atoms with van der Waals surface area (Å²) in [4.78, 5) is 2.27. The summed E-state index contributed by atoms with van der Waals surface area (Å²) in [6, 6.07) is 16.4. The van der Waals surface area contributed by atoms with E-state index in [0.29, 0.717) is 0 Å². The lowest BCUT2D eigenvalue weighted by Gasteiger charge is -2.26. The Labute approximate surface area is 125 Å². The number of ether oxygens (including phenoxy) is 1. The minimum Gasteiger partial charge on any atom is -0.497 e. The van der Waals surface area contributed by atoms with Crippen molar-refractivity contribution in [1.82, 2.24) is 4.90 Å². The summed E-state index contributed by atoms with van der Waals surface area (Å²) >= 11 is 6.27. The summed E-state index contributed by atoms with van der Waals surface area (Å²) in [6.45, 7) is 3.02. The topological polar surface area (TPSA) is 12.5 Å². The first kappa shape index (κ1) is 14.9. The van der Waals surface area contributed by atoms with Crippen LogP contribution in [-0.4, -0.2) is 19.1 Å². The van der Waals surface area contributed by atoms with E-state index in [4.69, 9.17) is 16.3 Å². The van der Waals surface area contributed by atoms with Gasteiger partial charge in [0.15, 0.2) is 0 Å². The molecular formula is C17H20ClNO. The molecule has 0 aromatic heterocycles. The van der Waals surface area contributed by atoms with Gasteiger partial charge in [0.05, 0.1) is 7.11 Å². The number of halogens is 1. The second-order valence-corrected chi connectivity index (χ2v) is 5.37. The van der Waals surface area contributed by atoms with Gasteiger partial charge in [-0.05, 0) is 43.3 Å². The molecule has 20 heavy (non-hydrogen) atoms. The van der Waals surface area contributed by atoms with Crippen molar-refractivity contribution < 1.29 is 4.74 Å². The lowest BCUT2D eigenvalue weighted by molar-refractivity contribution is 0.253. The summed E-state index contributed by atoms with van der Waals surface area (Å²) < 4.78 is 5.26. The molecule has 2 aromatic rings. The highest BCUT2D eigenvalue weighted by molar-refractivity contribution is 6.31. The predicted octanol–water partition coefficient (Wildman–Crippen LogP) is 4.54. The van der Waals surface area contributed by atoms with Gasteiger partial charge in [0.1, 0.15) is 5.75 Å². The van der Waals surface area contributed by atoms with Crippen LogP contribution in [0.2, 0.25) is 5.02 Å². The molecule has 2 aromatic carbocycles. The first-order valence-corrected chi connectivity index (χ1v) is 7.07. The predicted molar refractivity (Wildman–Crippen MR) is 84.3 cm³/mol. The molecule has 2 rings (SSSR count). The van der Waals surface area contributed by atoms with E-state index >= 15 is 0 Å². The van der Waals surface area contributed by atoms with E-state index in [0.717, 1.165) is 22.9 Å². The molecule has 0 spiro atoms. The molecule has 1 atom stereocenters. The smallest absolute Gasteiger partial charge is 0.119 e. The molecule has 0 saturated heterocycles. The molecule has 0 N–H and O–H groups in total. The maximum atomic E-state index is 6.27. The van der Waals surface area contributed by atoms with Crippen LogP contribution in [0.5, 0.6) is 5.75 Å². The van der Waals surface area contributed by atoms with Crippen molar-refractivity contribution in [1.29, 1.82) is 0 Å². The quantitative estimate of drug-likeness (QED) is 0.801. The monoisotopic (exact) mass is 289 g/mol. The first-order chi connectivity index (χ1) is 9.61. The number of benzene rings is 2. The molecular weight excluding hydrogens is 270 g/mol. The number of hydrogen-bond donors (Lipinski definition) is 0. The number of methoxy groups -OCH3 is 1. The van der Waals surface area contributed by atoms with Crippen molar-refractivity contribution >= 4 is 11.6 Å². The van der Waals surface area contributed by atoms with Crippen LogP contribution < -0.4 is 4.74 Å². The molecule has 0 amide bonds. The van der Waals surface area contributed by atoms with Crippen LogP contribution in [0.15, 0.2) is 48.5 Å². The van der Waals surface area contributed by atoms with E-state index in [9.17, 15) is 0 Å². The van der Waals surface area contributed by atoms with E-state index < -0.39 is 0 Å². The largest absolute Gasteiger partial charge is 0.497 e. The standard InChI is InChI=1S/C17H20ClNO/c1-13(16-9-4-5-10-17(16)18)19(2)12-14-7-6-8-15(11-14)20-3/h4-11,13H,12H2,1-3H3. The van der Waals surface area contributed by atoms with E-state index in [1.807, 2.05) is 30.3 Å². The molecule has 0 bridgehead atoms. The zero-order valence-electron chi connectivity index (χ0n) is 12.1. The molecule has 0 aliphatic heterocycles. The molecule has 3 heteroatoms. The Hall–Kier alpha value is -1.51. The Kier molecular flexibility index (Phi) is 5.05. The molecule has 0 aliphatic carbocycles. The Bertz CT molecular complexity index is 570. The van der Waals surface area contributed by atoms with Gasteiger partial charge < -0.3 is 4.74 Å².